The minimum Gasteiger partial charge on any atom is -0.394 e. The molecule has 1 amide bonds. The van der Waals surface area contributed by atoms with E-state index in [2.05, 4.69) is 5.32 Å². The molecule has 2 N–H and O–H groups in total. The summed E-state index contributed by atoms with van der Waals surface area (Å²) in [6.07, 6.45) is 2.29. The molecule has 1 rings (SSSR count). The fraction of sp³-hybridized carbons (Fsp3) is 0.909. The Bertz CT molecular complexity index is 200. The highest BCUT2D eigenvalue weighted by Crippen LogP contribution is 2.18. The monoisotopic (exact) mass is 215 g/mol. The third-order valence-electron chi connectivity index (χ3n) is 3.35. The number of amides is 1. The highest BCUT2D eigenvalue weighted by Gasteiger charge is 2.31. The second-order valence-corrected chi connectivity index (χ2v) is 4.20. The lowest BCUT2D eigenvalue weighted by Gasteiger charge is -2.31. The summed E-state index contributed by atoms with van der Waals surface area (Å²) in [4.78, 5) is 11.8. The molecule has 4 heteroatoms. The van der Waals surface area contributed by atoms with Gasteiger partial charge in [0.2, 0.25) is 5.91 Å². The van der Waals surface area contributed by atoms with Crippen molar-refractivity contribution in [3.05, 3.63) is 0 Å². The number of hydrogen-bond acceptors (Lipinski definition) is 3. The first-order valence-electron chi connectivity index (χ1n) is 5.68. The zero-order chi connectivity index (χ0) is 11.3. The van der Waals surface area contributed by atoms with Crippen molar-refractivity contribution in [1.29, 1.82) is 0 Å². The van der Waals surface area contributed by atoms with Crippen LogP contribution in [0.4, 0.5) is 0 Å². The number of carbonyl (C=O) groups excluding carboxylic acids is 1. The van der Waals surface area contributed by atoms with Crippen LogP contribution < -0.4 is 5.32 Å². The SMILES string of the molecule is CCC(CC)(CO)NC(=O)C1CCOC1. The van der Waals surface area contributed by atoms with Crippen molar-refractivity contribution < 1.29 is 14.6 Å². The van der Waals surface area contributed by atoms with Crippen molar-refractivity contribution >= 4 is 5.91 Å². The van der Waals surface area contributed by atoms with Crippen molar-refractivity contribution in [1.82, 2.24) is 5.32 Å². The Morgan fingerprint density at radius 2 is 2.20 bits per heavy atom. The quantitative estimate of drug-likeness (QED) is 0.709. The summed E-state index contributed by atoms with van der Waals surface area (Å²) in [6, 6.07) is 0. The van der Waals surface area contributed by atoms with Crippen LogP contribution in [0.15, 0.2) is 0 Å². The van der Waals surface area contributed by atoms with Crippen LogP contribution >= 0.6 is 0 Å². The Hall–Kier alpha value is -0.610. The number of carbonyl (C=O) groups is 1. The van der Waals surface area contributed by atoms with Crippen molar-refractivity contribution in [2.24, 2.45) is 5.92 Å². The topological polar surface area (TPSA) is 58.6 Å². The number of hydrogen-bond donors (Lipinski definition) is 2. The molecule has 0 bridgehead atoms. The smallest absolute Gasteiger partial charge is 0.226 e. The molecule has 0 spiro atoms. The van der Waals surface area contributed by atoms with Gasteiger partial charge >= 0.3 is 0 Å². The first-order valence-corrected chi connectivity index (χ1v) is 5.68. The van der Waals surface area contributed by atoms with Gasteiger partial charge in [-0.05, 0) is 19.3 Å². The van der Waals surface area contributed by atoms with Crippen LogP contribution in [0.3, 0.4) is 0 Å². The molecular formula is C11H21NO3. The van der Waals surface area contributed by atoms with Crippen molar-refractivity contribution in [3.63, 3.8) is 0 Å². The van der Waals surface area contributed by atoms with Crippen LogP contribution in [-0.2, 0) is 9.53 Å². The third kappa shape index (κ3) is 2.92. The molecule has 1 aliphatic rings. The lowest BCUT2D eigenvalue weighted by atomic mass is 9.92. The molecular weight excluding hydrogens is 194 g/mol. The average Bonchev–Trinajstić information content (AvgIpc) is 2.79. The van der Waals surface area contributed by atoms with E-state index in [4.69, 9.17) is 4.74 Å². The van der Waals surface area contributed by atoms with E-state index >= 15 is 0 Å². The van der Waals surface area contributed by atoms with Gasteiger partial charge in [0, 0.05) is 6.61 Å². The van der Waals surface area contributed by atoms with Gasteiger partial charge in [0.15, 0.2) is 0 Å². The number of nitrogens with one attached hydrogen (secondary N) is 1. The summed E-state index contributed by atoms with van der Waals surface area (Å²) in [5.41, 5.74) is -0.445. The number of ether oxygens (including phenoxy) is 1. The molecule has 0 aromatic rings. The second kappa shape index (κ2) is 5.47. The van der Waals surface area contributed by atoms with Crippen molar-refractivity contribution in [2.75, 3.05) is 19.8 Å². The van der Waals surface area contributed by atoms with Crippen LogP contribution in [0.1, 0.15) is 33.1 Å². The first-order chi connectivity index (χ1) is 7.17. The molecule has 1 saturated heterocycles. The second-order valence-electron chi connectivity index (χ2n) is 4.20. The maximum absolute atomic E-state index is 11.8. The molecule has 0 aromatic heterocycles. The highest BCUT2D eigenvalue weighted by atomic mass is 16.5. The van der Waals surface area contributed by atoms with Gasteiger partial charge in [-0.2, -0.15) is 0 Å². The van der Waals surface area contributed by atoms with Gasteiger partial charge in [0.05, 0.1) is 24.7 Å². The Balaban J connectivity index is 2.53. The summed E-state index contributed by atoms with van der Waals surface area (Å²) in [5.74, 6) is -0.0146. The maximum atomic E-state index is 11.8. The number of rotatable bonds is 5. The molecule has 0 aromatic carbocycles. The molecule has 1 unspecified atom stereocenters. The largest absolute Gasteiger partial charge is 0.394 e. The Kier molecular flexibility index (Phi) is 4.54. The standard InChI is InChI=1S/C11H21NO3/c1-3-11(4-2,8-13)12-10(14)9-5-6-15-7-9/h9,13H,3-8H2,1-2H3,(H,12,14). The van der Waals surface area contributed by atoms with Gasteiger partial charge < -0.3 is 15.2 Å². The summed E-state index contributed by atoms with van der Waals surface area (Å²) < 4.78 is 5.17. The molecule has 1 aliphatic heterocycles. The Morgan fingerprint density at radius 3 is 2.60 bits per heavy atom. The van der Waals surface area contributed by atoms with Crippen LogP contribution in [0, 0.1) is 5.92 Å². The summed E-state index contributed by atoms with van der Waals surface area (Å²) in [6.45, 7) is 5.14. The van der Waals surface area contributed by atoms with Gasteiger partial charge in [-0.3, -0.25) is 4.79 Å². The third-order valence-corrected chi connectivity index (χ3v) is 3.35. The van der Waals surface area contributed by atoms with Crippen molar-refractivity contribution in [3.8, 4) is 0 Å². The summed E-state index contributed by atoms with van der Waals surface area (Å²) in [7, 11) is 0. The lowest BCUT2D eigenvalue weighted by molar-refractivity contribution is -0.127. The molecule has 1 atom stereocenters. The average molecular weight is 215 g/mol. The summed E-state index contributed by atoms with van der Waals surface area (Å²) in [5, 5.41) is 12.3. The van der Waals surface area contributed by atoms with E-state index < -0.39 is 5.54 Å². The van der Waals surface area contributed by atoms with Crippen LogP contribution in [0.25, 0.3) is 0 Å². The molecule has 0 radical (unpaired) electrons. The maximum Gasteiger partial charge on any atom is 0.226 e. The van der Waals surface area contributed by atoms with E-state index in [0.29, 0.717) is 13.2 Å². The van der Waals surface area contributed by atoms with Gasteiger partial charge in [0.25, 0.3) is 0 Å². The van der Waals surface area contributed by atoms with E-state index in [1.165, 1.54) is 0 Å². The molecule has 15 heavy (non-hydrogen) atoms. The lowest BCUT2D eigenvalue weighted by Crippen LogP contribution is -2.52. The summed E-state index contributed by atoms with van der Waals surface area (Å²) >= 11 is 0. The zero-order valence-electron chi connectivity index (χ0n) is 9.58. The molecule has 0 aliphatic carbocycles. The van der Waals surface area contributed by atoms with Gasteiger partial charge in [-0.1, -0.05) is 13.8 Å². The normalized spacial score (nSPS) is 21.7. The highest BCUT2D eigenvalue weighted by molar-refractivity contribution is 5.79. The van der Waals surface area contributed by atoms with E-state index in [1.807, 2.05) is 13.8 Å². The minimum absolute atomic E-state index is 0.000677. The first kappa shape index (κ1) is 12.5. The van der Waals surface area contributed by atoms with Gasteiger partial charge in [0.1, 0.15) is 0 Å². The molecule has 1 fully saturated rings. The Labute approximate surface area is 91.0 Å². The van der Waals surface area contributed by atoms with Crippen LogP contribution in [0.2, 0.25) is 0 Å². The fourth-order valence-electron chi connectivity index (χ4n) is 1.79. The van der Waals surface area contributed by atoms with E-state index in [1.54, 1.807) is 0 Å². The van der Waals surface area contributed by atoms with Crippen LogP contribution in [0.5, 0.6) is 0 Å². The predicted molar refractivity (Wildman–Crippen MR) is 57.5 cm³/mol. The van der Waals surface area contributed by atoms with E-state index in [-0.39, 0.29) is 18.4 Å². The molecule has 0 saturated carbocycles. The number of aliphatic hydroxyl groups excluding tert-OH is 1. The van der Waals surface area contributed by atoms with E-state index in [9.17, 15) is 9.90 Å². The predicted octanol–water partition coefficient (Wildman–Crippen LogP) is 0.690. The fourth-order valence-corrected chi connectivity index (χ4v) is 1.79. The zero-order valence-corrected chi connectivity index (χ0v) is 9.58. The molecule has 1 heterocycles. The van der Waals surface area contributed by atoms with E-state index in [0.717, 1.165) is 19.3 Å². The van der Waals surface area contributed by atoms with Crippen LogP contribution in [-0.4, -0.2) is 36.4 Å². The number of aliphatic hydroxyl groups is 1. The minimum atomic E-state index is -0.445. The molecule has 88 valence electrons. The Morgan fingerprint density at radius 1 is 1.53 bits per heavy atom. The van der Waals surface area contributed by atoms with Gasteiger partial charge in [-0.25, -0.2) is 0 Å². The van der Waals surface area contributed by atoms with Crippen molar-refractivity contribution in [2.45, 2.75) is 38.6 Å². The van der Waals surface area contributed by atoms with Gasteiger partial charge in [-0.15, -0.1) is 0 Å². The molecule has 4 nitrogen and oxygen atoms in total.